The minimum absolute atomic E-state index is 0.103. The summed E-state index contributed by atoms with van der Waals surface area (Å²) in [7, 11) is 1.76. The number of piperidine rings is 3. The predicted octanol–water partition coefficient (Wildman–Crippen LogP) is 1.94. The van der Waals surface area contributed by atoms with Crippen molar-refractivity contribution in [3.63, 3.8) is 0 Å². The quantitative estimate of drug-likeness (QED) is 0.446. The van der Waals surface area contributed by atoms with E-state index < -0.39 is 54.3 Å². The molecule has 2 aliphatic carbocycles. The number of halogens is 2. The molecule has 5 aliphatic rings. The van der Waals surface area contributed by atoms with Crippen LogP contribution in [0.2, 0.25) is 0 Å². The Balaban J connectivity index is 1.37. The molecular formula is C26H35F2N7O3. The van der Waals surface area contributed by atoms with Crippen LogP contribution >= 0.6 is 0 Å². The summed E-state index contributed by atoms with van der Waals surface area (Å²) in [5.74, 6) is -5.76. The van der Waals surface area contributed by atoms with E-state index in [0.717, 1.165) is 19.3 Å². The van der Waals surface area contributed by atoms with Crippen LogP contribution in [0.15, 0.2) is 12.4 Å². The lowest BCUT2D eigenvalue weighted by Gasteiger charge is -2.54. The highest BCUT2D eigenvalue weighted by Crippen LogP contribution is 2.49. The maximum atomic E-state index is 15.1. The van der Waals surface area contributed by atoms with Gasteiger partial charge in [0.05, 0.1) is 23.9 Å². The van der Waals surface area contributed by atoms with E-state index in [2.05, 4.69) is 21.0 Å². The molecule has 1 aromatic heterocycles. The first-order valence-electron chi connectivity index (χ1n) is 13.6. The number of fused-ring (bicyclic) bond motifs is 3. The first-order chi connectivity index (χ1) is 18.2. The smallest absolute Gasteiger partial charge is 0.255 e. The molecule has 12 heteroatoms. The molecule has 3 saturated heterocycles. The maximum Gasteiger partial charge on any atom is 0.255 e. The number of anilines is 1. The van der Waals surface area contributed by atoms with Crippen LogP contribution in [-0.2, 0) is 21.4 Å². The molecule has 2 bridgehead atoms. The molecule has 0 unspecified atom stereocenters. The lowest BCUT2D eigenvalue weighted by Crippen LogP contribution is -2.70. The van der Waals surface area contributed by atoms with Gasteiger partial charge in [-0.15, -0.1) is 0 Å². The van der Waals surface area contributed by atoms with Crippen molar-refractivity contribution in [2.75, 3.05) is 11.9 Å². The fraction of sp³-hybridized carbons (Fsp3) is 0.731. The van der Waals surface area contributed by atoms with Gasteiger partial charge in [-0.05, 0) is 44.4 Å². The van der Waals surface area contributed by atoms with Gasteiger partial charge in [0.2, 0.25) is 17.7 Å². The van der Waals surface area contributed by atoms with Gasteiger partial charge in [-0.2, -0.15) is 10.4 Å². The van der Waals surface area contributed by atoms with Crippen molar-refractivity contribution < 1.29 is 23.2 Å². The second kappa shape index (κ2) is 10.5. The molecule has 3 N–H and O–H groups in total. The number of nitriles is 1. The summed E-state index contributed by atoms with van der Waals surface area (Å²) >= 11 is 0. The Morgan fingerprint density at radius 2 is 2.05 bits per heavy atom. The van der Waals surface area contributed by atoms with Crippen molar-refractivity contribution in [2.24, 2.45) is 24.8 Å². The van der Waals surface area contributed by atoms with Crippen LogP contribution in [0, 0.1) is 29.1 Å². The number of carbonyl (C=O) groups excluding carboxylic acids is 3. The van der Waals surface area contributed by atoms with Gasteiger partial charge in [0.25, 0.3) is 5.92 Å². The van der Waals surface area contributed by atoms with E-state index in [1.54, 1.807) is 24.1 Å². The molecule has 38 heavy (non-hydrogen) atoms. The van der Waals surface area contributed by atoms with Crippen molar-refractivity contribution in [1.82, 2.24) is 25.3 Å². The van der Waals surface area contributed by atoms with Crippen molar-refractivity contribution in [1.29, 1.82) is 5.26 Å². The summed E-state index contributed by atoms with van der Waals surface area (Å²) in [6.07, 6.45) is 7.44. The first-order valence-corrected chi connectivity index (χ1v) is 13.6. The second-order valence-electron chi connectivity index (χ2n) is 11.3. The van der Waals surface area contributed by atoms with Crippen molar-refractivity contribution in [2.45, 2.75) is 87.9 Å². The number of alkyl halides is 2. The Morgan fingerprint density at radius 1 is 1.26 bits per heavy atom. The summed E-state index contributed by atoms with van der Waals surface area (Å²) in [5.41, 5.74) is 0.648. The van der Waals surface area contributed by atoms with Crippen LogP contribution in [0.25, 0.3) is 0 Å². The fourth-order valence-corrected chi connectivity index (χ4v) is 6.36. The summed E-state index contributed by atoms with van der Waals surface area (Å²) < 4.78 is 31.8. The second-order valence-corrected chi connectivity index (χ2v) is 11.3. The normalized spacial score (nSPS) is 29.6. The number of hydrogen-bond acceptors (Lipinski definition) is 6. The summed E-state index contributed by atoms with van der Waals surface area (Å²) in [6, 6.07) is -1.81. The lowest BCUT2D eigenvalue weighted by atomic mass is 9.71. The third-order valence-corrected chi connectivity index (χ3v) is 8.46. The molecule has 3 aliphatic heterocycles. The highest BCUT2D eigenvalue weighted by Gasteiger charge is 2.61. The van der Waals surface area contributed by atoms with Gasteiger partial charge in [0.1, 0.15) is 18.1 Å². The van der Waals surface area contributed by atoms with Gasteiger partial charge < -0.3 is 20.9 Å². The zero-order valence-corrected chi connectivity index (χ0v) is 21.5. The van der Waals surface area contributed by atoms with Gasteiger partial charge in [0.15, 0.2) is 0 Å². The van der Waals surface area contributed by atoms with E-state index in [4.69, 9.17) is 0 Å². The van der Waals surface area contributed by atoms with Gasteiger partial charge >= 0.3 is 0 Å². The summed E-state index contributed by atoms with van der Waals surface area (Å²) in [4.78, 5) is 41.1. The third kappa shape index (κ3) is 5.47. The van der Waals surface area contributed by atoms with Crippen LogP contribution in [0.4, 0.5) is 14.5 Å². The SMILES string of the molecule is Cn1cc(N[C@H](CC2CC2)C(=O)N2[C@@H]3CC[C@H]([C@@H]2C(=O)N[C@H](C#N)C[C@H]2CCCNC2=O)C(F)(F)C3)cn1. The van der Waals surface area contributed by atoms with E-state index in [0.29, 0.717) is 37.4 Å². The van der Waals surface area contributed by atoms with Crippen LogP contribution in [0.3, 0.4) is 0 Å². The maximum absolute atomic E-state index is 15.1. The van der Waals surface area contributed by atoms with E-state index in [-0.39, 0.29) is 24.7 Å². The number of aromatic nitrogens is 2. The number of hydrogen-bond donors (Lipinski definition) is 3. The van der Waals surface area contributed by atoms with Crippen molar-refractivity contribution >= 4 is 23.4 Å². The van der Waals surface area contributed by atoms with Crippen molar-refractivity contribution in [3.05, 3.63) is 12.4 Å². The van der Waals surface area contributed by atoms with E-state index in [9.17, 15) is 19.6 Å². The summed E-state index contributed by atoms with van der Waals surface area (Å²) in [5, 5.41) is 22.5. The summed E-state index contributed by atoms with van der Waals surface area (Å²) in [6.45, 7) is 0.575. The van der Waals surface area contributed by atoms with E-state index in [1.807, 2.05) is 6.07 Å². The van der Waals surface area contributed by atoms with Gasteiger partial charge in [0, 0.05) is 38.2 Å². The van der Waals surface area contributed by atoms with Crippen LogP contribution < -0.4 is 16.0 Å². The molecular weight excluding hydrogens is 496 g/mol. The van der Waals surface area contributed by atoms with Crippen molar-refractivity contribution in [3.8, 4) is 6.07 Å². The van der Waals surface area contributed by atoms with Crippen LogP contribution in [0.5, 0.6) is 0 Å². The minimum atomic E-state index is -3.09. The number of rotatable bonds is 9. The molecule has 206 valence electrons. The number of nitrogens with zero attached hydrogens (tertiary/aromatic N) is 4. The van der Waals surface area contributed by atoms with Gasteiger partial charge in [-0.25, -0.2) is 8.78 Å². The molecule has 6 rings (SSSR count). The number of carbonyl (C=O) groups is 3. The average molecular weight is 532 g/mol. The Hall–Kier alpha value is -3.23. The molecule has 2 saturated carbocycles. The molecule has 5 fully saturated rings. The molecule has 0 radical (unpaired) electrons. The highest BCUT2D eigenvalue weighted by molar-refractivity contribution is 5.92. The molecule has 0 spiro atoms. The monoisotopic (exact) mass is 531 g/mol. The fourth-order valence-electron chi connectivity index (χ4n) is 6.36. The van der Waals surface area contributed by atoms with Crippen LogP contribution in [0.1, 0.15) is 57.8 Å². The molecule has 3 amide bonds. The van der Waals surface area contributed by atoms with Crippen LogP contribution in [-0.4, -0.2) is 69.0 Å². The topological polar surface area (TPSA) is 132 Å². The Labute approximate surface area is 220 Å². The van der Waals surface area contributed by atoms with E-state index in [1.165, 1.54) is 4.90 Å². The number of amides is 3. The Morgan fingerprint density at radius 3 is 2.68 bits per heavy atom. The average Bonchev–Trinajstić information content (AvgIpc) is 3.61. The molecule has 0 aromatic carbocycles. The molecule has 10 nitrogen and oxygen atoms in total. The standard InChI is InChI=1S/C26H35F2N7O3/c1-34-14-18(13-31-34)32-21(9-15-4-5-15)25(38)35-19-6-7-20(26(27,28)11-19)22(35)24(37)33-17(12-29)10-16-3-2-8-30-23(16)36/h13-17,19-22,32H,2-11H2,1H3,(H,30,36)(H,33,37)/t16-,17+,19-,20-,21-,22-/m1/s1. The highest BCUT2D eigenvalue weighted by atomic mass is 19.3. The zero-order valence-electron chi connectivity index (χ0n) is 21.5. The number of aryl methyl sites for hydroxylation is 1. The lowest BCUT2D eigenvalue weighted by molar-refractivity contribution is -0.194. The van der Waals surface area contributed by atoms with Gasteiger partial charge in [-0.1, -0.05) is 12.8 Å². The molecule has 4 heterocycles. The number of nitrogens with one attached hydrogen (secondary N) is 3. The minimum Gasteiger partial charge on any atom is -0.371 e. The molecule has 1 aromatic rings. The zero-order chi connectivity index (χ0) is 27.0. The third-order valence-electron chi connectivity index (χ3n) is 8.46. The van der Waals surface area contributed by atoms with Gasteiger partial charge in [-0.3, -0.25) is 19.1 Å². The predicted molar refractivity (Wildman–Crippen MR) is 133 cm³/mol. The first kappa shape index (κ1) is 26.4. The largest absolute Gasteiger partial charge is 0.371 e. The molecule has 6 atom stereocenters. The Bertz CT molecular complexity index is 1110. The Kier molecular flexibility index (Phi) is 7.29. The van der Waals surface area contributed by atoms with E-state index >= 15 is 8.78 Å².